The summed E-state index contributed by atoms with van der Waals surface area (Å²) in [6.07, 6.45) is 0.0972. The topological polar surface area (TPSA) is 53.9 Å². The zero-order valence-electron chi connectivity index (χ0n) is 14.2. The number of nitrogens with zero attached hydrogens (tertiary/aromatic N) is 2. The molecule has 1 aromatic carbocycles. The van der Waals surface area contributed by atoms with Gasteiger partial charge in [0.05, 0.1) is 18.4 Å². The van der Waals surface area contributed by atoms with E-state index in [9.17, 15) is 4.79 Å². The molecule has 22 heavy (non-hydrogen) atoms. The molecule has 0 saturated carbocycles. The second kappa shape index (κ2) is 5.99. The highest BCUT2D eigenvalue weighted by atomic mass is 16.5. The molecule has 1 aromatic rings. The van der Waals surface area contributed by atoms with Crippen molar-refractivity contribution in [2.75, 3.05) is 18.9 Å². The second-order valence-corrected chi connectivity index (χ2v) is 6.38. The van der Waals surface area contributed by atoms with Gasteiger partial charge in [0.2, 0.25) is 5.91 Å². The summed E-state index contributed by atoms with van der Waals surface area (Å²) in [5, 5.41) is 9.19. The van der Waals surface area contributed by atoms with Gasteiger partial charge < -0.3 is 10.1 Å². The van der Waals surface area contributed by atoms with Crippen LogP contribution in [-0.4, -0.2) is 36.3 Å². The first-order valence-corrected chi connectivity index (χ1v) is 7.58. The van der Waals surface area contributed by atoms with Crippen molar-refractivity contribution < 1.29 is 9.53 Å². The van der Waals surface area contributed by atoms with Gasteiger partial charge in [0, 0.05) is 18.3 Å². The summed E-state index contributed by atoms with van der Waals surface area (Å²) in [5.74, 6) is 0.759. The van der Waals surface area contributed by atoms with Crippen LogP contribution in [0.4, 0.5) is 5.69 Å². The summed E-state index contributed by atoms with van der Waals surface area (Å²) < 4.78 is 5.77. The molecule has 1 amide bonds. The van der Waals surface area contributed by atoms with Gasteiger partial charge in [-0.3, -0.25) is 9.80 Å². The minimum Gasteiger partial charge on any atom is -0.491 e. The number of anilines is 1. The van der Waals surface area contributed by atoms with Crippen LogP contribution >= 0.6 is 0 Å². The van der Waals surface area contributed by atoms with Gasteiger partial charge in [0.15, 0.2) is 0 Å². The van der Waals surface area contributed by atoms with E-state index < -0.39 is 5.41 Å². The van der Waals surface area contributed by atoms with Crippen molar-refractivity contribution in [2.24, 2.45) is 10.5 Å². The van der Waals surface area contributed by atoms with Gasteiger partial charge >= 0.3 is 0 Å². The second-order valence-electron chi connectivity index (χ2n) is 6.38. The summed E-state index contributed by atoms with van der Waals surface area (Å²) in [7, 11) is 1.88. The molecule has 1 heterocycles. The van der Waals surface area contributed by atoms with Crippen LogP contribution in [0.1, 0.15) is 33.3 Å². The maximum atomic E-state index is 12.7. The van der Waals surface area contributed by atoms with Crippen LogP contribution in [0.2, 0.25) is 0 Å². The molecule has 2 rings (SSSR count). The third-order valence-corrected chi connectivity index (χ3v) is 4.06. The molecule has 5 heteroatoms. The monoisotopic (exact) mass is 303 g/mol. The number of rotatable bonds is 4. The third kappa shape index (κ3) is 3.08. The summed E-state index contributed by atoms with van der Waals surface area (Å²) in [5.41, 5.74) is 1.95. The van der Waals surface area contributed by atoms with Crippen LogP contribution in [0.15, 0.2) is 23.3 Å². The van der Waals surface area contributed by atoms with Crippen molar-refractivity contribution in [3.63, 3.8) is 0 Å². The maximum Gasteiger partial charge on any atom is 0.237 e. The van der Waals surface area contributed by atoms with Gasteiger partial charge in [0.25, 0.3) is 0 Å². The lowest BCUT2D eigenvalue weighted by atomic mass is 9.85. The number of hydrazone groups is 1. The quantitative estimate of drug-likeness (QED) is 0.930. The Kier molecular flexibility index (Phi) is 4.44. The summed E-state index contributed by atoms with van der Waals surface area (Å²) in [4.78, 5) is 12.7. The largest absolute Gasteiger partial charge is 0.491 e. The molecule has 5 nitrogen and oxygen atoms in total. The minimum atomic E-state index is -0.601. The molecular formula is C17H25N3O2. The summed E-state index contributed by atoms with van der Waals surface area (Å²) in [6.45, 7) is 10.3. The molecule has 1 aliphatic rings. The lowest BCUT2D eigenvalue weighted by Gasteiger charge is -2.24. The fourth-order valence-electron chi connectivity index (χ4n) is 2.60. The third-order valence-electron chi connectivity index (χ3n) is 4.06. The standard InChI is InChI=1S/C17H25N3O2/c1-11(2)22-15-9-7-8-14(12(15)3)18-16(21)17(5)10-20(6)19-13(17)4/h7-9,11H,10H2,1-6H3,(H,18,21). The van der Waals surface area contributed by atoms with Gasteiger partial charge in [0.1, 0.15) is 11.2 Å². The summed E-state index contributed by atoms with van der Waals surface area (Å²) >= 11 is 0. The van der Waals surface area contributed by atoms with Gasteiger partial charge in [-0.2, -0.15) is 5.10 Å². The summed E-state index contributed by atoms with van der Waals surface area (Å²) in [6, 6.07) is 5.71. The number of hydrogen-bond donors (Lipinski definition) is 1. The van der Waals surface area contributed by atoms with Crippen molar-refractivity contribution in [2.45, 2.75) is 40.7 Å². The van der Waals surface area contributed by atoms with E-state index in [0.717, 1.165) is 22.7 Å². The first-order valence-electron chi connectivity index (χ1n) is 7.58. The highest BCUT2D eigenvalue weighted by Crippen LogP contribution is 2.31. The first kappa shape index (κ1) is 16.3. The Bertz CT molecular complexity index is 610. The first-order chi connectivity index (χ1) is 10.2. The molecule has 0 fully saturated rings. The number of carbonyl (C=O) groups excluding carboxylic acids is 1. The lowest BCUT2D eigenvalue weighted by Crippen LogP contribution is -2.41. The maximum absolute atomic E-state index is 12.7. The molecule has 0 spiro atoms. The molecule has 0 aromatic heterocycles. The SMILES string of the molecule is CC1=NN(C)CC1(C)C(=O)Nc1cccc(OC(C)C)c1C. The Morgan fingerprint density at radius 2 is 2.09 bits per heavy atom. The average molecular weight is 303 g/mol. The molecule has 1 aliphatic heterocycles. The molecule has 0 radical (unpaired) electrons. The number of hydrogen-bond acceptors (Lipinski definition) is 4. The minimum absolute atomic E-state index is 0.0390. The lowest BCUT2D eigenvalue weighted by molar-refractivity contribution is -0.121. The van der Waals surface area contributed by atoms with Crippen molar-refractivity contribution in [3.05, 3.63) is 23.8 Å². The number of benzene rings is 1. The smallest absolute Gasteiger partial charge is 0.237 e. The molecular weight excluding hydrogens is 278 g/mol. The zero-order valence-corrected chi connectivity index (χ0v) is 14.2. The van der Waals surface area contributed by atoms with Gasteiger partial charge in [-0.25, -0.2) is 0 Å². The number of nitrogens with one attached hydrogen (secondary N) is 1. The van der Waals surface area contributed by atoms with E-state index in [1.165, 1.54) is 0 Å². The van der Waals surface area contributed by atoms with Crippen LogP contribution in [0.5, 0.6) is 5.75 Å². The average Bonchev–Trinajstić information content (AvgIpc) is 2.68. The highest BCUT2D eigenvalue weighted by Gasteiger charge is 2.41. The van der Waals surface area contributed by atoms with E-state index >= 15 is 0 Å². The Morgan fingerprint density at radius 1 is 1.41 bits per heavy atom. The van der Waals surface area contributed by atoms with Crippen molar-refractivity contribution in [3.8, 4) is 5.75 Å². The Hall–Kier alpha value is -2.04. The van der Waals surface area contributed by atoms with E-state index in [2.05, 4.69) is 10.4 Å². The molecule has 0 bridgehead atoms. The normalized spacial score (nSPS) is 21.0. The van der Waals surface area contributed by atoms with E-state index in [4.69, 9.17) is 4.74 Å². The number of carbonyl (C=O) groups is 1. The predicted octanol–water partition coefficient (Wildman–Crippen LogP) is 3.05. The van der Waals surface area contributed by atoms with Crippen LogP contribution in [-0.2, 0) is 4.79 Å². The molecule has 120 valence electrons. The molecule has 0 saturated heterocycles. The van der Waals surface area contributed by atoms with Crippen LogP contribution in [0.25, 0.3) is 0 Å². The van der Waals surface area contributed by atoms with E-state index in [-0.39, 0.29) is 12.0 Å². The Balaban J connectivity index is 2.21. The van der Waals surface area contributed by atoms with Crippen molar-refractivity contribution >= 4 is 17.3 Å². The van der Waals surface area contributed by atoms with Gasteiger partial charge in [-0.1, -0.05) is 6.07 Å². The van der Waals surface area contributed by atoms with Crippen molar-refractivity contribution in [1.29, 1.82) is 0 Å². The van der Waals surface area contributed by atoms with E-state index in [1.54, 1.807) is 5.01 Å². The fourth-order valence-corrected chi connectivity index (χ4v) is 2.60. The molecule has 1 unspecified atom stereocenters. The Labute approximate surface area is 132 Å². The van der Waals surface area contributed by atoms with E-state index in [0.29, 0.717) is 6.54 Å². The Morgan fingerprint density at radius 3 is 2.64 bits per heavy atom. The predicted molar refractivity (Wildman–Crippen MR) is 89.4 cm³/mol. The highest BCUT2D eigenvalue weighted by molar-refractivity contribution is 6.13. The van der Waals surface area contributed by atoms with Crippen LogP contribution in [0.3, 0.4) is 0 Å². The molecule has 1 N–H and O–H groups in total. The fraction of sp³-hybridized carbons (Fsp3) is 0.529. The van der Waals surface area contributed by atoms with E-state index in [1.807, 2.05) is 59.9 Å². The molecule has 0 aliphatic carbocycles. The van der Waals surface area contributed by atoms with Gasteiger partial charge in [-0.05, 0) is 46.8 Å². The zero-order chi connectivity index (χ0) is 16.5. The van der Waals surface area contributed by atoms with Gasteiger partial charge in [-0.15, -0.1) is 0 Å². The van der Waals surface area contributed by atoms with Crippen LogP contribution in [0, 0.1) is 12.3 Å². The van der Waals surface area contributed by atoms with Crippen LogP contribution < -0.4 is 10.1 Å². The van der Waals surface area contributed by atoms with Crippen molar-refractivity contribution in [1.82, 2.24) is 5.01 Å². The number of amides is 1. The molecule has 1 atom stereocenters. The number of ether oxygens (including phenoxy) is 1.